The molecular weight excluding hydrogens is 234 g/mol. The number of hydrogen-bond donors (Lipinski definition) is 1. The maximum atomic E-state index is 13.4. The highest BCUT2D eigenvalue weighted by molar-refractivity contribution is 5.29. The van der Waals surface area contributed by atoms with Gasteiger partial charge in [-0.05, 0) is 30.5 Å². The molecule has 1 fully saturated rings. The van der Waals surface area contributed by atoms with Crippen molar-refractivity contribution in [2.45, 2.75) is 31.5 Å². The standard InChI is InChI=1S/C12H13F4N/c13-10-4-3-8(12(14,15)16)6-9(10)11(17)5-7-1-2-7/h3-4,6-7,11H,1-2,5,17H2. The van der Waals surface area contributed by atoms with Crippen molar-refractivity contribution in [1.29, 1.82) is 0 Å². The zero-order valence-electron chi connectivity index (χ0n) is 9.10. The summed E-state index contributed by atoms with van der Waals surface area (Å²) in [6.45, 7) is 0. The van der Waals surface area contributed by atoms with Crippen LogP contribution in [0.2, 0.25) is 0 Å². The summed E-state index contributed by atoms with van der Waals surface area (Å²) in [7, 11) is 0. The van der Waals surface area contributed by atoms with Gasteiger partial charge in [-0.15, -0.1) is 0 Å². The van der Waals surface area contributed by atoms with Crippen LogP contribution in [0.1, 0.15) is 36.4 Å². The van der Waals surface area contributed by atoms with E-state index in [1.807, 2.05) is 0 Å². The van der Waals surface area contributed by atoms with Crippen molar-refractivity contribution in [2.75, 3.05) is 0 Å². The van der Waals surface area contributed by atoms with Crippen LogP contribution in [0.5, 0.6) is 0 Å². The molecule has 0 bridgehead atoms. The Labute approximate surface area is 96.6 Å². The molecule has 1 aliphatic rings. The average molecular weight is 247 g/mol. The van der Waals surface area contributed by atoms with Gasteiger partial charge in [-0.3, -0.25) is 0 Å². The topological polar surface area (TPSA) is 26.0 Å². The van der Waals surface area contributed by atoms with Crippen LogP contribution < -0.4 is 5.73 Å². The summed E-state index contributed by atoms with van der Waals surface area (Å²) in [5.41, 5.74) is 4.86. The minimum Gasteiger partial charge on any atom is -0.324 e. The molecule has 1 atom stereocenters. The third-order valence-corrected chi connectivity index (χ3v) is 3.01. The summed E-state index contributed by atoms with van der Waals surface area (Å²) in [6.07, 6.45) is -1.83. The third-order valence-electron chi connectivity index (χ3n) is 3.01. The van der Waals surface area contributed by atoms with Crippen molar-refractivity contribution in [2.24, 2.45) is 11.7 Å². The molecule has 5 heteroatoms. The summed E-state index contributed by atoms with van der Waals surface area (Å²) < 4.78 is 50.9. The van der Waals surface area contributed by atoms with Crippen LogP contribution in [-0.4, -0.2) is 0 Å². The van der Waals surface area contributed by atoms with Crippen LogP contribution in [0, 0.1) is 11.7 Å². The van der Waals surface area contributed by atoms with Crippen LogP contribution in [0.25, 0.3) is 0 Å². The molecule has 1 unspecified atom stereocenters. The first-order valence-electron chi connectivity index (χ1n) is 5.50. The monoisotopic (exact) mass is 247 g/mol. The summed E-state index contributed by atoms with van der Waals surface area (Å²) in [6, 6.07) is 1.75. The lowest BCUT2D eigenvalue weighted by molar-refractivity contribution is -0.137. The maximum Gasteiger partial charge on any atom is 0.416 e. The van der Waals surface area contributed by atoms with Gasteiger partial charge in [-0.1, -0.05) is 12.8 Å². The van der Waals surface area contributed by atoms with Gasteiger partial charge in [0.25, 0.3) is 0 Å². The van der Waals surface area contributed by atoms with E-state index in [1.165, 1.54) is 0 Å². The summed E-state index contributed by atoms with van der Waals surface area (Å²) in [5, 5.41) is 0. The second-order valence-corrected chi connectivity index (χ2v) is 4.52. The molecule has 1 nitrogen and oxygen atoms in total. The van der Waals surface area contributed by atoms with Crippen molar-refractivity contribution in [3.05, 3.63) is 35.1 Å². The fraction of sp³-hybridized carbons (Fsp3) is 0.500. The summed E-state index contributed by atoms with van der Waals surface area (Å²) in [4.78, 5) is 0. The van der Waals surface area contributed by atoms with Crippen molar-refractivity contribution in [3.63, 3.8) is 0 Å². The highest BCUT2D eigenvalue weighted by Gasteiger charge is 2.32. The molecule has 0 heterocycles. The van der Waals surface area contributed by atoms with Gasteiger partial charge in [0.2, 0.25) is 0 Å². The molecule has 0 saturated heterocycles. The minimum atomic E-state index is -4.46. The Morgan fingerprint density at radius 1 is 1.29 bits per heavy atom. The van der Waals surface area contributed by atoms with Gasteiger partial charge in [-0.2, -0.15) is 13.2 Å². The summed E-state index contributed by atoms with van der Waals surface area (Å²) >= 11 is 0. The third kappa shape index (κ3) is 2.97. The van der Waals surface area contributed by atoms with E-state index < -0.39 is 23.6 Å². The molecule has 2 N–H and O–H groups in total. The highest BCUT2D eigenvalue weighted by Crippen LogP contribution is 2.38. The Bertz CT molecular complexity index is 409. The Kier molecular flexibility index (Phi) is 3.12. The molecule has 0 amide bonds. The lowest BCUT2D eigenvalue weighted by Gasteiger charge is -2.15. The maximum absolute atomic E-state index is 13.4. The molecule has 0 aliphatic heterocycles. The van der Waals surface area contributed by atoms with E-state index in [0.717, 1.165) is 31.0 Å². The number of benzene rings is 1. The van der Waals surface area contributed by atoms with Crippen molar-refractivity contribution in [1.82, 2.24) is 0 Å². The fourth-order valence-corrected chi connectivity index (χ4v) is 1.84. The number of nitrogens with two attached hydrogens (primary N) is 1. The van der Waals surface area contributed by atoms with Crippen LogP contribution >= 0.6 is 0 Å². The minimum absolute atomic E-state index is 0.0354. The quantitative estimate of drug-likeness (QED) is 0.811. The van der Waals surface area contributed by atoms with Crippen molar-refractivity contribution in [3.8, 4) is 0 Å². The zero-order valence-corrected chi connectivity index (χ0v) is 9.10. The molecule has 0 radical (unpaired) electrons. The number of alkyl halides is 3. The lowest BCUT2D eigenvalue weighted by atomic mass is 9.99. The van der Waals surface area contributed by atoms with Gasteiger partial charge >= 0.3 is 6.18 Å². The molecular formula is C12H13F4N. The van der Waals surface area contributed by atoms with Crippen molar-refractivity contribution < 1.29 is 17.6 Å². The van der Waals surface area contributed by atoms with Gasteiger partial charge in [0, 0.05) is 11.6 Å². The predicted molar refractivity (Wildman–Crippen MR) is 55.7 cm³/mol. The Hall–Kier alpha value is -1.10. The molecule has 94 valence electrons. The van der Waals surface area contributed by atoms with E-state index >= 15 is 0 Å². The van der Waals surface area contributed by atoms with E-state index in [-0.39, 0.29) is 5.56 Å². The molecule has 1 aromatic rings. The molecule has 0 spiro atoms. The van der Waals surface area contributed by atoms with Gasteiger partial charge in [-0.25, -0.2) is 4.39 Å². The molecule has 17 heavy (non-hydrogen) atoms. The Morgan fingerprint density at radius 3 is 2.47 bits per heavy atom. The lowest BCUT2D eigenvalue weighted by Crippen LogP contribution is -2.15. The largest absolute Gasteiger partial charge is 0.416 e. The van der Waals surface area contributed by atoms with Crippen LogP contribution in [0.15, 0.2) is 18.2 Å². The first kappa shape index (κ1) is 12.4. The highest BCUT2D eigenvalue weighted by atomic mass is 19.4. The fourth-order valence-electron chi connectivity index (χ4n) is 1.84. The van der Waals surface area contributed by atoms with E-state index in [9.17, 15) is 17.6 Å². The van der Waals surface area contributed by atoms with E-state index in [2.05, 4.69) is 0 Å². The van der Waals surface area contributed by atoms with E-state index in [4.69, 9.17) is 5.73 Å². The van der Waals surface area contributed by atoms with Crippen LogP contribution in [0.4, 0.5) is 17.6 Å². The summed E-state index contributed by atoms with van der Waals surface area (Å²) in [5.74, 6) is -0.218. The molecule has 1 saturated carbocycles. The van der Waals surface area contributed by atoms with Gasteiger partial charge in [0.05, 0.1) is 5.56 Å². The second kappa shape index (κ2) is 4.29. The smallest absolute Gasteiger partial charge is 0.324 e. The first-order valence-corrected chi connectivity index (χ1v) is 5.50. The Morgan fingerprint density at radius 2 is 1.94 bits per heavy atom. The molecule has 2 rings (SSSR count). The van der Waals surface area contributed by atoms with E-state index in [1.54, 1.807) is 0 Å². The Balaban J connectivity index is 2.24. The van der Waals surface area contributed by atoms with Gasteiger partial charge < -0.3 is 5.73 Å². The van der Waals surface area contributed by atoms with Crippen LogP contribution in [0.3, 0.4) is 0 Å². The second-order valence-electron chi connectivity index (χ2n) is 4.52. The van der Waals surface area contributed by atoms with Crippen molar-refractivity contribution >= 4 is 0 Å². The number of hydrogen-bond acceptors (Lipinski definition) is 1. The molecule has 0 aromatic heterocycles. The van der Waals surface area contributed by atoms with Gasteiger partial charge in [0.1, 0.15) is 5.82 Å². The number of halogens is 4. The average Bonchev–Trinajstić information content (AvgIpc) is 3.00. The van der Waals surface area contributed by atoms with Gasteiger partial charge in [0.15, 0.2) is 0 Å². The molecule has 1 aliphatic carbocycles. The first-order chi connectivity index (χ1) is 7.88. The SMILES string of the molecule is NC(CC1CC1)c1cc(C(F)(F)F)ccc1F. The predicted octanol–water partition coefficient (Wildman–Crippen LogP) is 3.64. The molecule has 1 aromatic carbocycles. The zero-order chi connectivity index (χ0) is 12.6. The van der Waals surface area contributed by atoms with Crippen LogP contribution in [-0.2, 0) is 6.18 Å². The normalized spacial score (nSPS) is 18.2. The van der Waals surface area contributed by atoms with E-state index in [0.29, 0.717) is 12.3 Å². The number of rotatable bonds is 3.